The second-order valence-corrected chi connectivity index (χ2v) is 25.3. The van der Waals surface area contributed by atoms with E-state index in [1.54, 1.807) is 72.8 Å². The molecule has 12 amide bonds. The molecule has 5 aromatic rings. The summed E-state index contributed by atoms with van der Waals surface area (Å²) >= 11 is 0. The standard InChI is InChI=1S/C71H100N16O12/c1-42(2)37-55(83-64(92)51(75)29-11-14-34-72)67(95)84-56(38-44-19-5-4-6-20-44)68(96)87-59(41-61(77)89)71(99)86-58(40-48-26-18-24-46-22-8-10-28-50(46)48)70(98)82-54(32-33-60(76)88)65(93)79-43(3)63(91)81-53(31-13-16-36-74)66(94)85-57(69(97)80-52(62(78)90)30-12-15-35-73)39-47-25-17-23-45-21-7-9-27-49(45)47/h4-10,17-28,42-43,51-59H,11-16,29-41,72-75H2,1-3H3,(H2,76,88)(H2,77,89)(H2,78,90)(H,79,93)(H,80,97)(H,81,91)(H,82,98)(H,83,92)(H,84,95)(H,85,94)(H,86,99)(H,87,96)/t43-,51-,52-,53-,54-,55-,56-,57-,58-,59-/m0/s1. The molecule has 23 N–H and O–H groups in total. The van der Waals surface area contributed by atoms with E-state index in [1.807, 2.05) is 56.3 Å². The summed E-state index contributed by atoms with van der Waals surface area (Å²) < 4.78 is 0. The second kappa shape index (κ2) is 41.4. The van der Waals surface area contributed by atoms with Crippen molar-refractivity contribution in [3.63, 3.8) is 0 Å². The van der Waals surface area contributed by atoms with Crippen LogP contribution >= 0.6 is 0 Å². The highest BCUT2D eigenvalue weighted by Crippen LogP contribution is 2.23. The fourth-order valence-electron chi connectivity index (χ4n) is 11.3. The highest BCUT2D eigenvalue weighted by atomic mass is 16.2. The van der Waals surface area contributed by atoms with Gasteiger partial charge in [-0.1, -0.05) is 136 Å². The SMILES string of the molecule is CC(C)C[C@H](NC(=O)[C@@H](N)CCCCN)C(=O)N[C@@H](Cc1ccccc1)C(=O)N[C@@H](CC(N)=O)C(=O)N[C@@H](Cc1cccc2ccccc12)C(=O)N[C@@H](CCC(N)=O)C(=O)N[C@@H](C)C(=O)N[C@@H](CCCCN)C(=O)N[C@@H](Cc1cccc2ccccc12)C(=O)N[C@@H](CCCCN)C(N)=O. The van der Waals surface area contributed by atoms with Gasteiger partial charge in [0.2, 0.25) is 70.9 Å². The van der Waals surface area contributed by atoms with Crippen LogP contribution in [0.25, 0.3) is 21.5 Å². The Hall–Kier alpha value is -9.90. The number of hydrogen-bond donors (Lipinski definition) is 16. The predicted molar refractivity (Wildman–Crippen MR) is 376 cm³/mol. The number of fused-ring (bicyclic) bond motifs is 2. The van der Waals surface area contributed by atoms with Gasteiger partial charge in [0.15, 0.2) is 0 Å². The monoisotopic (exact) mass is 1370 g/mol. The Bertz CT molecular complexity index is 3550. The van der Waals surface area contributed by atoms with Crippen LogP contribution in [0.5, 0.6) is 0 Å². The van der Waals surface area contributed by atoms with E-state index >= 15 is 0 Å². The van der Waals surface area contributed by atoms with Crippen LogP contribution in [0.2, 0.25) is 0 Å². The Morgan fingerprint density at radius 2 is 0.737 bits per heavy atom. The average Bonchev–Trinajstić information content (AvgIpc) is 0.832. The van der Waals surface area contributed by atoms with Gasteiger partial charge in [-0.25, -0.2) is 0 Å². The Kier molecular flexibility index (Phi) is 33.3. The van der Waals surface area contributed by atoms with E-state index in [0.29, 0.717) is 80.1 Å². The second-order valence-electron chi connectivity index (χ2n) is 25.3. The molecule has 5 aromatic carbocycles. The number of amides is 12. The third-order valence-electron chi connectivity index (χ3n) is 16.7. The maximum absolute atomic E-state index is 15.0. The average molecular weight is 1370 g/mol. The van der Waals surface area contributed by atoms with Gasteiger partial charge in [0, 0.05) is 25.7 Å². The zero-order valence-corrected chi connectivity index (χ0v) is 56.7. The Morgan fingerprint density at radius 1 is 0.354 bits per heavy atom. The van der Waals surface area contributed by atoms with E-state index in [9.17, 15) is 57.5 Å². The molecule has 0 aliphatic heterocycles. The minimum atomic E-state index is -1.79. The quantitative estimate of drug-likeness (QED) is 0.0224. The molecule has 0 aliphatic carbocycles. The summed E-state index contributed by atoms with van der Waals surface area (Å²) in [6.07, 6.45) is 1.49. The highest BCUT2D eigenvalue weighted by Gasteiger charge is 2.36. The first-order valence-corrected chi connectivity index (χ1v) is 33.7. The van der Waals surface area contributed by atoms with Crippen molar-refractivity contribution in [2.45, 2.75) is 184 Å². The highest BCUT2D eigenvalue weighted by molar-refractivity contribution is 6.00. The van der Waals surface area contributed by atoms with E-state index in [-0.39, 0.29) is 51.0 Å². The van der Waals surface area contributed by atoms with Gasteiger partial charge in [0.1, 0.15) is 54.4 Å². The normalized spacial score (nSPS) is 14.3. The van der Waals surface area contributed by atoms with Crippen LogP contribution in [0.3, 0.4) is 0 Å². The van der Waals surface area contributed by atoms with E-state index < -0.39 is 151 Å². The van der Waals surface area contributed by atoms with Gasteiger partial charge in [-0.15, -0.1) is 0 Å². The lowest BCUT2D eigenvalue weighted by Crippen LogP contribution is -2.61. The van der Waals surface area contributed by atoms with Gasteiger partial charge in [-0.2, -0.15) is 0 Å². The molecule has 10 atom stereocenters. The lowest BCUT2D eigenvalue weighted by Gasteiger charge is -2.28. The topological polar surface area (TPSA) is 495 Å². The maximum Gasteiger partial charge on any atom is 0.243 e. The van der Waals surface area contributed by atoms with Gasteiger partial charge >= 0.3 is 0 Å². The maximum atomic E-state index is 15.0. The van der Waals surface area contributed by atoms with Crippen molar-refractivity contribution in [3.8, 4) is 0 Å². The summed E-state index contributed by atoms with van der Waals surface area (Å²) in [4.78, 5) is 167. The Labute approximate surface area is 577 Å². The molecule has 0 unspecified atom stereocenters. The predicted octanol–water partition coefficient (Wildman–Crippen LogP) is -0.209. The van der Waals surface area contributed by atoms with Crippen LogP contribution in [0.1, 0.15) is 121 Å². The summed E-state index contributed by atoms with van der Waals surface area (Å²) in [7, 11) is 0. The molecule has 0 saturated carbocycles. The molecule has 536 valence electrons. The molecule has 0 bridgehead atoms. The van der Waals surface area contributed by atoms with Crippen molar-refractivity contribution in [2.24, 2.45) is 46.1 Å². The Morgan fingerprint density at radius 3 is 1.23 bits per heavy atom. The number of carbonyl (C=O) groups excluding carboxylic acids is 12. The summed E-state index contributed by atoms with van der Waals surface area (Å²) in [5, 5.41) is 27.0. The minimum absolute atomic E-state index is 0.0173. The zero-order valence-electron chi connectivity index (χ0n) is 56.7. The molecule has 0 aliphatic rings. The first kappa shape index (κ1) is 79.8. The first-order valence-electron chi connectivity index (χ1n) is 33.7. The first-order chi connectivity index (χ1) is 47.3. The number of rotatable bonds is 44. The van der Waals surface area contributed by atoms with Gasteiger partial charge in [-0.05, 0) is 135 Å². The molecule has 28 heteroatoms. The molecule has 28 nitrogen and oxygen atoms in total. The summed E-state index contributed by atoms with van der Waals surface area (Å²) in [5.41, 5.74) is 42.2. The van der Waals surface area contributed by atoms with Crippen LogP contribution < -0.4 is 88.0 Å². The van der Waals surface area contributed by atoms with Gasteiger partial charge in [0.05, 0.1) is 12.5 Å². The van der Waals surface area contributed by atoms with E-state index in [1.165, 1.54) is 6.92 Å². The lowest BCUT2D eigenvalue weighted by atomic mass is 9.97. The number of benzene rings is 5. The van der Waals surface area contributed by atoms with Crippen LogP contribution in [0.15, 0.2) is 115 Å². The summed E-state index contributed by atoms with van der Waals surface area (Å²) in [6.45, 7) is 5.96. The van der Waals surface area contributed by atoms with Crippen LogP contribution in [-0.2, 0) is 76.8 Å². The molecule has 0 aromatic heterocycles. The van der Waals surface area contributed by atoms with Gasteiger partial charge in [0.25, 0.3) is 0 Å². The molecule has 0 heterocycles. The number of carbonyl (C=O) groups is 12. The Balaban J connectivity index is 1.42. The van der Waals surface area contributed by atoms with Gasteiger partial charge < -0.3 is 88.0 Å². The van der Waals surface area contributed by atoms with Crippen molar-refractivity contribution in [1.82, 2.24) is 47.9 Å². The van der Waals surface area contributed by atoms with Crippen LogP contribution in [0, 0.1) is 5.92 Å². The number of nitrogens with one attached hydrogen (secondary N) is 9. The molecule has 0 spiro atoms. The van der Waals surface area contributed by atoms with E-state index in [0.717, 1.165) is 16.2 Å². The number of unbranched alkanes of at least 4 members (excludes halogenated alkanes) is 3. The lowest BCUT2D eigenvalue weighted by molar-refractivity contribution is -0.136. The number of hydrogen-bond acceptors (Lipinski definition) is 16. The molecule has 0 radical (unpaired) electrons. The van der Waals surface area contributed by atoms with Crippen molar-refractivity contribution in [3.05, 3.63) is 132 Å². The van der Waals surface area contributed by atoms with Crippen molar-refractivity contribution in [2.75, 3.05) is 19.6 Å². The van der Waals surface area contributed by atoms with Crippen LogP contribution in [0.4, 0.5) is 0 Å². The largest absolute Gasteiger partial charge is 0.370 e. The molecular formula is C71H100N16O12. The fourth-order valence-corrected chi connectivity index (χ4v) is 11.3. The smallest absolute Gasteiger partial charge is 0.243 e. The molecule has 0 fully saturated rings. The van der Waals surface area contributed by atoms with Crippen molar-refractivity contribution < 1.29 is 57.5 Å². The van der Waals surface area contributed by atoms with Crippen LogP contribution in [-0.4, -0.2) is 151 Å². The number of primary amides is 3. The summed E-state index contributed by atoms with van der Waals surface area (Å²) in [5.74, 6) is -10.6. The molecule has 5 rings (SSSR count). The third-order valence-corrected chi connectivity index (χ3v) is 16.7. The van der Waals surface area contributed by atoms with Crippen molar-refractivity contribution in [1.29, 1.82) is 0 Å². The van der Waals surface area contributed by atoms with E-state index in [2.05, 4.69) is 47.9 Å². The molecule has 99 heavy (non-hydrogen) atoms. The van der Waals surface area contributed by atoms with Gasteiger partial charge in [-0.3, -0.25) is 57.5 Å². The summed E-state index contributed by atoms with van der Waals surface area (Å²) in [6, 6.07) is 20.1. The minimum Gasteiger partial charge on any atom is -0.370 e. The third kappa shape index (κ3) is 26.8. The fraction of sp³-hybridized carbons (Fsp3) is 0.465. The number of nitrogens with two attached hydrogens (primary N) is 7. The van der Waals surface area contributed by atoms with E-state index in [4.69, 9.17) is 40.1 Å². The van der Waals surface area contributed by atoms with Crippen molar-refractivity contribution >= 4 is 92.4 Å². The molecule has 0 saturated heterocycles. The zero-order chi connectivity index (χ0) is 72.6. The molecular weight excluding hydrogens is 1270 g/mol.